The lowest BCUT2D eigenvalue weighted by molar-refractivity contribution is 0.530. The Balaban J connectivity index is 2.00. The van der Waals surface area contributed by atoms with E-state index >= 15 is 0 Å². The van der Waals surface area contributed by atoms with Crippen molar-refractivity contribution in [1.29, 1.82) is 0 Å². The maximum atomic E-state index is 13.5. The Hall–Kier alpha value is -1.55. The van der Waals surface area contributed by atoms with Crippen LogP contribution in [0.1, 0.15) is 0 Å². The Morgan fingerprint density at radius 2 is 2.00 bits per heavy atom. The quantitative estimate of drug-likeness (QED) is 0.796. The average molecular weight is 220 g/mol. The third-order valence-electron chi connectivity index (χ3n) is 3.00. The molecule has 3 nitrogen and oxygen atoms in total. The van der Waals surface area contributed by atoms with Crippen LogP contribution in [-0.2, 0) is 0 Å². The number of nitrogens with zero attached hydrogens (tertiary/aromatic N) is 1. The lowest BCUT2D eigenvalue weighted by atomic mass is 10.2. The highest BCUT2D eigenvalue weighted by atomic mass is 19.1. The molecule has 84 valence electrons. The molecule has 0 aromatic heterocycles. The van der Waals surface area contributed by atoms with Gasteiger partial charge >= 0.3 is 0 Å². The Morgan fingerprint density at radius 1 is 1.19 bits per heavy atom. The second-order valence-electron chi connectivity index (χ2n) is 3.97. The summed E-state index contributed by atoms with van der Waals surface area (Å²) in [5, 5.41) is 3.29. The molecule has 1 N–H and O–H groups in total. The fraction of sp³-hybridized carbons (Fsp3) is 0.333. The molecule has 2 heterocycles. The van der Waals surface area contributed by atoms with E-state index in [9.17, 15) is 4.39 Å². The zero-order chi connectivity index (χ0) is 11.0. The summed E-state index contributed by atoms with van der Waals surface area (Å²) in [6.45, 7) is 3.79. The standard InChI is InChI=1S/C12H13FN2O/c13-10-3-8-16-12-9(10)1-2-11(12)15-6-4-14-5-7-15/h1-3,8,14H,4-7H2. The number of anilines is 1. The van der Waals surface area contributed by atoms with Gasteiger partial charge in [-0.25, -0.2) is 4.39 Å². The minimum atomic E-state index is -0.220. The largest absolute Gasteiger partial charge is 0.462 e. The van der Waals surface area contributed by atoms with Gasteiger partial charge in [-0.05, 0) is 12.1 Å². The van der Waals surface area contributed by atoms with Gasteiger partial charge in [-0.1, -0.05) is 0 Å². The van der Waals surface area contributed by atoms with Gasteiger partial charge in [-0.3, -0.25) is 0 Å². The summed E-state index contributed by atoms with van der Waals surface area (Å²) >= 11 is 0. The highest BCUT2D eigenvalue weighted by Gasteiger charge is 2.21. The fourth-order valence-electron chi connectivity index (χ4n) is 2.17. The normalized spacial score (nSPS) is 16.9. The predicted molar refractivity (Wildman–Crippen MR) is 60.4 cm³/mol. The van der Waals surface area contributed by atoms with Gasteiger partial charge in [0.1, 0.15) is 5.82 Å². The lowest BCUT2D eigenvalue weighted by Gasteiger charge is -2.29. The first-order chi connectivity index (χ1) is 7.86. The van der Waals surface area contributed by atoms with Crippen molar-refractivity contribution in [3.8, 4) is 11.3 Å². The van der Waals surface area contributed by atoms with E-state index in [1.54, 1.807) is 6.07 Å². The molecule has 1 saturated heterocycles. The first-order valence-electron chi connectivity index (χ1n) is 5.47. The molecule has 1 aliphatic carbocycles. The molecular formula is C12H13FN2O. The maximum Gasteiger partial charge on any atom is 0.159 e. The van der Waals surface area contributed by atoms with Gasteiger partial charge in [-0.2, -0.15) is 0 Å². The molecule has 0 atom stereocenters. The Bertz CT molecular complexity index is 462. The molecule has 4 heteroatoms. The van der Waals surface area contributed by atoms with E-state index in [4.69, 9.17) is 4.42 Å². The number of halogens is 1. The summed E-state index contributed by atoms with van der Waals surface area (Å²) in [6, 6.07) is 5.07. The average Bonchev–Trinajstić information content (AvgIpc) is 2.75. The lowest BCUT2D eigenvalue weighted by Crippen LogP contribution is -2.43. The van der Waals surface area contributed by atoms with E-state index in [0.717, 1.165) is 31.9 Å². The summed E-state index contributed by atoms with van der Waals surface area (Å²) in [5.41, 5.74) is 1.56. The van der Waals surface area contributed by atoms with Crippen LogP contribution in [0.5, 0.6) is 0 Å². The van der Waals surface area contributed by atoms with Crippen molar-refractivity contribution in [1.82, 2.24) is 5.32 Å². The number of hydrogen-bond donors (Lipinski definition) is 1. The Labute approximate surface area is 93.2 Å². The minimum absolute atomic E-state index is 0.220. The SMILES string of the molecule is Fc1ccoc2c(N3CCNCC3)ccc1-2. The van der Waals surface area contributed by atoms with E-state index in [-0.39, 0.29) is 5.82 Å². The van der Waals surface area contributed by atoms with Gasteiger partial charge in [0.2, 0.25) is 0 Å². The van der Waals surface area contributed by atoms with Crippen LogP contribution in [-0.4, -0.2) is 26.2 Å². The van der Waals surface area contributed by atoms with E-state index < -0.39 is 0 Å². The molecule has 0 unspecified atom stereocenters. The third-order valence-corrected chi connectivity index (χ3v) is 3.00. The highest BCUT2D eigenvalue weighted by Crippen LogP contribution is 2.36. The molecule has 0 bridgehead atoms. The molecule has 1 fully saturated rings. The topological polar surface area (TPSA) is 28.4 Å². The Morgan fingerprint density at radius 3 is 2.81 bits per heavy atom. The number of piperazine rings is 1. The molecule has 0 spiro atoms. The van der Waals surface area contributed by atoms with Crippen molar-refractivity contribution >= 4 is 5.69 Å². The van der Waals surface area contributed by atoms with Crippen molar-refractivity contribution in [2.24, 2.45) is 0 Å². The molecule has 2 aliphatic heterocycles. The van der Waals surface area contributed by atoms with Gasteiger partial charge in [0.05, 0.1) is 17.5 Å². The molecule has 0 amide bonds. The smallest absolute Gasteiger partial charge is 0.159 e. The van der Waals surface area contributed by atoms with E-state index in [2.05, 4.69) is 10.2 Å². The molecule has 0 aromatic carbocycles. The van der Waals surface area contributed by atoms with Crippen LogP contribution in [0.2, 0.25) is 0 Å². The molecule has 0 saturated carbocycles. The number of fused-ring (bicyclic) bond motifs is 1. The van der Waals surface area contributed by atoms with Crippen LogP contribution >= 0.6 is 0 Å². The van der Waals surface area contributed by atoms with Gasteiger partial charge < -0.3 is 14.6 Å². The highest BCUT2D eigenvalue weighted by molar-refractivity contribution is 5.78. The molecule has 3 rings (SSSR count). The third kappa shape index (κ3) is 1.46. The summed E-state index contributed by atoms with van der Waals surface area (Å²) in [7, 11) is 0. The second-order valence-corrected chi connectivity index (χ2v) is 3.97. The van der Waals surface area contributed by atoms with Gasteiger partial charge in [-0.15, -0.1) is 0 Å². The summed E-state index contributed by atoms with van der Waals surface area (Å²) < 4.78 is 18.9. The zero-order valence-electron chi connectivity index (χ0n) is 8.87. The first-order valence-corrected chi connectivity index (χ1v) is 5.47. The summed E-state index contributed by atoms with van der Waals surface area (Å²) in [4.78, 5) is 2.22. The zero-order valence-corrected chi connectivity index (χ0v) is 8.87. The summed E-state index contributed by atoms with van der Waals surface area (Å²) in [6.07, 6.45) is 1.41. The van der Waals surface area contributed by atoms with Gasteiger partial charge in [0.15, 0.2) is 5.76 Å². The fourth-order valence-corrected chi connectivity index (χ4v) is 2.17. The van der Waals surface area contributed by atoms with E-state index in [0.29, 0.717) is 11.3 Å². The molecule has 3 aliphatic rings. The van der Waals surface area contributed by atoms with Gasteiger partial charge in [0.25, 0.3) is 0 Å². The van der Waals surface area contributed by atoms with Crippen molar-refractivity contribution in [3.05, 3.63) is 30.3 Å². The minimum Gasteiger partial charge on any atom is -0.462 e. The van der Waals surface area contributed by atoms with Crippen molar-refractivity contribution in [2.75, 3.05) is 31.1 Å². The van der Waals surface area contributed by atoms with Crippen LogP contribution < -0.4 is 10.2 Å². The van der Waals surface area contributed by atoms with Crippen molar-refractivity contribution < 1.29 is 8.81 Å². The maximum absolute atomic E-state index is 13.5. The molecule has 16 heavy (non-hydrogen) atoms. The Kier molecular flexibility index (Phi) is 2.29. The van der Waals surface area contributed by atoms with Crippen LogP contribution in [0, 0.1) is 5.82 Å². The van der Waals surface area contributed by atoms with Crippen LogP contribution in [0.3, 0.4) is 0 Å². The molecule has 0 aromatic rings. The first kappa shape index (κ1) is 9.66. The van der Waals surface area contributed by atoms with Crippen LogP contribution in [0.15, 0.2) is 28.9 Å². The van der Waals surface area contributed by atoms with Crippen LogP contribution in [0.4, 0.5) is 10.1 Å². The van der Waals surface area contributed by atoms with Crippen LogP contribution in [0.25, 0.3) is 11.3 Å². The number of rotatable bonds is 1. The van der Waals surface area contributed by atoms with E-state index in [1.165, 1.54) is 12.3 Å². The predicted octanol–water partition coefficient (Wildman–Crippen LogP) is 1.93. The molecule has 0 radical (unpaired) electrons. The monoisotopic (exact) mass is 220 g/mol. The summed E-state index contributed by atoms with van der Waals surface area (Å²) in [5.74, 6) is 0.435. The van der Waals surface area contributed by atoms with Crippen molar-refractivity contribution in [2.45, 2.75) is 0 Å². The second kappa shape index (κ2) is 3.79. The number of nitrogens with one attached hydrogen (secondary N) is 1. The van der Waals surface area contributed by atoms with Gasteiger partial charge in [0, 0.05) is 32.2 Å². The van der Waals surface area contributed by atoms with E-state index in [1.807, 2.05) is 6.07 Å². The van der Waals surface area contributed by atoms with Crippen molar-refractivity contribution in [3.63, 3.8) is 0 Å². The number of hydrogen-bond acceptors (Lipinski definition) is 3. The molecular weight excluding hydrogens is 207 g/mol.